The number of benzene rings is 3. The van der Waals surface area contributed by atoms with Gasteiger partial charge in [0.15, 0.2) is 11.5 Å². The fourth-order valence-electron chi connectivity index (χ4n) is 3.47. The zero-order chi connectivity index (χ0) is 22.2. The molecule has 5 rings (SSSR count). The normalized spacial score (nSPS) is 11.1. The highest BCUT2D eigenvalue weighted by molar-refractivity contribution is 14.1. The second-order valence-corrected chi connectivity index (χ2v) is 9.08. The van der Waals surface area contributed by atoms with Crippen LogP contribution in [0.25, 0.3) is 21.8 Å². The first-order valence-electron chi connectivity index (χ1n) is 9.58. The minimum Gasteiger partial charge on any atom is -0.421 e. The summed E-state index contributed by atoms with van der Waals surface area (Å²) in [5.41, 5.74) is 2.42. The van der Waals surface area contributed by atoms with E-state index in [0.29, 0.717) is 11.5 Å². The summed E-state index contributed by atoms with van der Waals surface area (Å²) in [5.74, 6) is -0.168. The summed E-state index contributed by atoms with van der Waals surface area (Å²) in [6.07, 6.45) is 3.50. The first-order chi connectivity index (χ1) is 15.5. The highest BCUT2D eigenvalue weighted by Crippen LogP contribution is 2.31. The van der Waals surface area contributed by atoms with E-state index in [1.807, 2.05) is 54.1 Å². The lowest BCUT2D eigenvalue weighted by Gasteiger charge is -2.06. The molecule has 0 saturated heterocycles. The number of nitrogens with zero attached hydrogens (tertiary/aromatic N) is 2. The molecule has 3 aromatic carbocycles. The summed E-state index contributed by atoms with van der Waals surface area (Å²) in [6.45, 7) is 0. The molecule has 6 nitrogen and oxygen atoms in total. The average molecular weight is 648 g/mol. The molecule has 0 bridgehead atoms. The molecular formula is C24H14I2N2O4. The molecule has 0 aliphatic rings. The standard InChI is InChI=1S/C24H14I2N2O4/c25-27-13-21(17-8-1-3-10-19(17)27)31-23(29)15-6-5-7-16(12-15)24(30)32-22-14-28(26)20-11-4-2-9-18(20)22/h1-14H. The summed E-state index contributed by atoms with van der Waals surface area (Å²) in [6, 6.07) is 21.6. The van der Waals surface area contributed by atoms with Crippen LogP contribution in [0.4, 0.5) is 0 Å². The van der Waals surface area contributed by atoms with E-state index in [0.717, 1.165) is 21.8 Å². The monoisotopic (exact) mass is 648 g/mol. The predicted molar refractivity (Wildman–Crippen MR) is 139 cm³/mol. The molecule has 0 unspecified atom stereocenters. The maximum atomic E-state index is 12.8. The van der Waals surface area contributed by atoms with Gasteiger partial charge in [-0.3, -0.25) is 5.56 Å². The van der Waals surface area contributed by atoms with Crippen LogP contribution in [0.1, 0.15) is 20.7 Å². The van der Waals surface area contributed by atoms with Gasteiger partial charge in [-0.2, -0.15) is 0 Å². The van der Waals surface area contributed by atoms with Crippen molar-refractivity contribution < 1.29 is 19.1 Å². The van der Waals surface area contributed by atoms with Gasteiger partial charge in [-0.15, -0.1) is 0 Å². The van der Waals surface area contributed by atoms with Crippen molar-refractivity contribution >= 4 is 79.5 Å². The fourth-order valence-corrected chi connectivity index (χ4v) is 4.82. The summed E-state index contributed by atoms with van der Waals surface area (Å²) >= 11 is 4.27. The largest absolute Gasteiger partial charge is 0.421 e. The van der Waals surface area contributed by atoms with E-state index in [1.54, 1.807) is 30.6 Å². The molecule has 8 heteroatoms. The van der Waals surface area contributed by atoms with Gasteiger partial charge in [0.1, 0.15) is 0 Å². The van der Waals surface area contributed by atoms with Crippen molar-refractivity contribution in [2.24, 2.45) is 0 Å². The maximum Gasteiger partial charge on any atom is 0.343 e. The van der Waals surface area contributed by atoms with Crippen molar-refractivity contribution in [3.8, 4) is 11.5 Å². The third kappa shape index (κ3) is 3.88. The molecule has 0 radical (unpaired) electrons. The van der Waals surface area contributed by atoms with Crippen LogP contribution < -0.4 is 9.47 Å². The van der Waals surface area contributed by atoms with Gasteiger partial charge < -0.3 is 9.47 Å². The lowest BCUT2D eigenvalue weighted by Crippen LogP contribution is -2.12. The molecule has 0 saturated carbocycles. The Kier molecular flexibility index (Phi) is 5.64. The number of fused-ring (bicyclic) bond motifs is 2. The minimum absolute atomic E-state index is 0.265. The van der Waals surface area contributed by atoms with Crippen LogP contribution in [-0.4, -0.2) is 17.5 Å². The molecule has 5 aromatic rings. The molecule has 0 aliphatic heterocycles. The van der Waals surface area contributed by atoms with E-state index in [9.17, 15) is 9.59 Å². The fraction of sp³-hybridized carbons (Fsp3) is 0. The number of hydrogen-bond acceptors (Lipinski definition) is 4. The van der Waals surface area contributed by atoms with E-state index >= 15 is 0 Å². The number of carbonyl (C=O) groups is 2. The zero-order valence-corrected chi connectivity index (χ0v) is 20.7. The van der Waals surface area contributed by atoms with E-state index in [-0.39, 0.29) is 11.1 Å². The van der Waals surface area contributed by atoms with Crippen molar-refractivity contribution in [3.05, 3.63) is 96.3 Å². The average Bonchev–Trinajstić information content (AvgIpc) is 3.30. The smallest absolute Gasteiger partial charge is 0.343 e. The quantitative estimate of drug-likeness (QED) is 0.167. The zero-order valence-electron chi connectivity index (χ0n) is 16.4. The number of carbonyl (C=O) groups excluding carboxylic acids is 2. The second kappa shape index (κ2) is 8.58. The number of hydrogen-bond donors (Lipinski definition) is 0. The number of ether oxygens (including phenoxy) is 2. The van der Waals surface area contributed by atoms with Crippen molar-refractivity contribution in [2.45, 2.75) is 0 Å². The van der Waals surface area contributed by atoms with Crippen LogP contribution in [0, 0.1) is 0 Å². The lowest BCUT2D eigenvalue weighted by atomic mass is 10.1. The summed E-state index contributed by atoms with van der Waals surface area (Å²) in [5, 5.41) is 1.67. The van der Waals surface area contributed by atoms with Crippen molar-refractivity contribution in [1.82, 2.24) is 5.56 Å². The van der Waals surface area contributed by atoms with Crippen LogP contribution in [0.2, 0.25) is 0 Å². The Balaban J connectivity index is 1.39. The minimum atomic E-state index is -0.545. The molecule has 2 heterocycles. The molecule has 0 spiro atoms. The molecule has 0 N–H and O–H groups in total. The Morgan fingerprint density at radius 3 is 1.53 bits per heavy atom. The van der Waals surface area contributed by atoms with Gasteiger partial charge in [-0.25, -0.2) is 9.59 Å². The molecule has 0 amide bonds. The van der Waals surface area contributed by atoms with Crippen molar-refractivity contribution in [2.75, 3.05) is 0 Å². The van der Waals surface area contributed by atoms with Gasteiger partial charge in [0.2, 0.25) is 0 Å². The Bertz CT molecular complexity index is 1390. The number of esters is 2. The number of rotatable bonds is 4. The first kappa shape index (κ1) is 21.0. The lowest BCUT2D eigenvalue weighted by molar-refractivity contribution is 0.0737. The molecule has 0 atom stereocenters. The van der Waals surface area contributed by atoms with Crippen LogP contribution in [0.3, 0.4) is 0 Å². The van der Waals surface area contributed by atoms with Gasteiger partial charge in [0, 0.05) is 10.8 Å². The number of aromatic nitrogens is 2. The predicted octanol–water partition coefficient (Wildman–Crippen LogP) is 6.43. The highest BCUT2D eigenvalue weighted by Gasteiger charge is 2.18. The van der Waals surface area contributed by atoms with Crippen LogP contribution in [-0.2, 0) is 0 Å². The van der Waals surface area contributed by atoms with Crippen LogP contribution >= 0.6 is 45.7 Å². The van der Waals surface area contributed by atoms with Crippen molar-refractivity contribution in [3.63, 3.8) is 0 Å². The third-order valence-electron chi connectivity index (χ3n) is 5.00. The van der Waals surface area contributed by atoms with Gasteiger partial charge in [0.05, 0.1) is 80.3 Å². The van der Waals surface area contributed by atoms with E-state index in [2.05, 4.69) is 45.7 Å². The molecular weight excluding hydrogens is 634 g/mol. The topological polar surface area (TPSA) is 62.5 Å². The highest BCUT2D eigenvalue weighted by atomic mass is 127. The summed E-state index contributed by atoms with van der Waals surface area (Å²) in [7, 11) is 0. The van der Waals surface area contributed by atoms with E-state index < -0.39 is 11.9 Å². The molecule has 32 heavy (non-hydrogen) atoms. The van der Waals surface area contributed by atoms with Crippen LogP contribution in [0.5, 0.6) is 11.5 Å². The second-order valence-electron chi connectivity index (χ2n) is 7.00. The third-order valence-corrected chi connectivity index (χ3v) is 6.60. The summed E-state index contributed by atoms with van der Waals surface area (Å²) in [4.78, 5) is 25.6. The number of para-hydroxylation sites is 2. The maximum absolute atomic E-state index is 12.8. The van der Waals surface area contributed by atoms with Crippen molar-refractivity contribution in [1.29, 1.82) is 0 Å². The van der Waals surface area contributed by atoms with Gasteiger partial charge in [-0.05, 0) is 42.5 Å². The van der Waals surface area contributed by atoms with Gasteiger partial charge in [-0.1, -0.05) is 30.3 Å². The summed E-state index contributed by atoms with van der Waals surface area (Å²) < 4.78 is 15.0. The van der Waals surface area contributed by atoms with E-state index in [1.165, 1.54) is 6.07 Å². The molecule has 2 aromatic heterocycles. The molecule has 158 valence electrons. The Morgan fingerprint density at radius 1 is 0.625 bits per heavy atom. The Hall–Kier alpha value is -2.86. The number of halogens is 2. The Labute approximate surface area is 210 Å². The van der Waals surface area contributed by atoms with Gasteiger partial charge in [0.25, 0.3) is 0 Å². The first-order valence-corrected chi connectivity index (χ1v) is 11.5. The Morgan fingerprint density at radius 2 is 1.06 bits per heavy atom. The SMILES string of the molecule is O=C(Oc1cn(I)c2ccccc12)c1cccc(C(=O)Oc2cn(I)c3ccccc23)c1. The van der Waals surface area contributed by atoms with Crippen LogP contribution in [0.15, 0.2) is 85.2 Å². The van der Waals surface area contributed by atoms with E-state index in [4.69, 9.17) is 9.47 Å². The molecule has 0 fully saturated rings. The van der Waals surface area contributed by atoms with Gasteiger partial charge >= 0.3 is 11.9 Å². The molecule has 0 aliphatic carbocycles.